The van der Waals surface area contributed by atoms with Crippen molar-refractivity contribution < 1.29 is 0 Å². The van der Waals surface area contributed by atoms with Crippen LogP contribution in [0, 0.1) is 0 Å². The van der Waals surface area contributed by atoms with Gasteiger partial charge in [-0.2, -0.15) is 0 Å². The van der Waals surface area contributed by atoms with E-state index in [2.05, 4.69) is 27.1 Å². The molecule has 1 aliphatic heterocycles. The van der Waals surface area contributed by atoms with Gasteiger partial charge in [0, 0.05) is 17.6 Å². The Kier molecular flexibility index (Phi) is 6.41. The predicted molar refractivity (Wildman–Crippen MR) is 96.6 cm³/mol. The van der Waals surface area contributed by atoms with Crippen molar-refractivity contribution in [3.05, 3.63) is 39.4 Å². The van der Waals surface area contributed by atoms with E-state index in [0.29, 0.717) is 28.5 Å². The molecule has 1 aromatic heterocycles. The number of nitrogens with zero attached hydrogens (tertiary/aromatic N) is 2. The summed E-state index contributed by atoms with van der Waals surface area (Å²) in [5, 5.41) is 4.49. The molecular formula is C16H22Cl2N4O. The van der Waals surface area contributed by atoms with Crippen molar-refractivity contribution in [1.29, 1.82) is 0 Å². The minimum Gasteiger partial charge on any atom is -0.315 e. The lowest BCUT2D eigenvalue weighted by atomic mass is 10.2. The van der Waals surface area contributed by atoms with E-state index in [1.165, 1.54) is 0 Å². The van der Waals surface area contributed by atoms with Crippen LogP contribution in [0.3, 0.4) is 0 Å². The maximum absolute atomic E-state index is 12.2. The number of rotatable bonds is 5. The highest BCUT2D eigenvalue weighted by Crippen LogP contribution is 2.16. The molecule has 1 unspecified atom stereocenters. The summed E-state index contributed by atoms with van der Waals surface area (Å²) < 4.78 is 0. The first-order valence-corrected chi connectivity index (χ1v) is 8.18. The maximum Gasteiger partial charge on any atom is 0.258 e. The average Bonchev–Trinajstić information content (AvgIpc) is 3.02. The molecule has 0 amide bonds. The average molecular weight is 357 g/mol. The van der Waals surface area contributed by atoms with E-state index in [0.717, 1.165) is 38.3 Å². The van der Waals surface area contributed by atoms with Crippen molar-refractivity contribution in [3.63, 3.8) is 0 Å². The minimum atomic E-state index is -0.122. The zero-order valence-electron chi connectivity index (χ0n) is 13.1. The minimum absolute atomic E-state index is 0. The predicted octanol–water partition coefficient (Wildman–Crippen LogP) is 2.57. The van der Waals surface area contributed by atoms with Crippen LogP contribution in [-0.2, 0) is 6.54 Å². The fourth-order valence-corrected chi connectivity index (χ4v) is 3.23. The van der Waals surface area contributed by atoms with E-state index in [1.807, 2.05) is 0 Å². The molecule has 5 nitrogen and oxygen atoms in total. The van der Waals surface area contributed by atoms with Gasteiger partial charge in [0.25, 0.3) is 5.56 Å². The molecule has 0 saturated carbocycles. The zero-order valence-corrected chi connectivity index (χ0v) is 14.7. The van der Waals surface area contributed by atoms with E-state index in [-0.39, 0.29) is 18.0 Å². The van der Waals surface area contributed by atoms with Crippen molar-refractivity contribution in [2.24, 2.45) is 0 Å². The van der Waals surface area contributed by atoms with E-state index in [9.17, 15) is 4.79 Å². The third kappa shape index (κ3) is 4.23. The third-order valence-corrected chi connectivity index (χ3v) is 4.37. The Morgan fingerprint density at radius 3 is 2.96 bits per heavy atom. The third-order valence-electron chi connectivity index (χ3n) is 4.13. The normalized spacial score (nSPS) is 17.6. The molecule has 1 aliphatic rings. The first kappa shape index (κ1) is 18.2. The number of halogens is 2. The molecule has 2 heterocycles. The largest absolute Gasteiger partial charge is 0.315 e. The van der Waals surface area contributed by atoms with Crippen LogP contribution in [0.15, 0.2) is 23.0 Å². The SMILES string of the molecule is CCCN(Cc1nc2ccc(Cl)cc2c(=O)[nH]1)C1CCNC1.Cl. The number of aromatic nitrogens is 2. The van der Waals surface area contributed by atoms with Gasteiger partial charge in [-0.15, -0.1) is 12.4 Å². The molecule has 2 N–H and O–H groups in total. The Balaban J connectivity index is 0.00000192. The first-order chi connectivity index (χ1) is 10.7. The van der Waals surface area contributed by atoms with Crippen molar-refractivity contribution in [2.75, 3.05) is 19.6 Å². The standard InChI is InChI=1S/C16H21ClN4O.ClH/c1-2-7-21(12-5-6-18-9-12)10-15-19-14-4-3-11(17)8-13(14)16(22)20-15;/h3-4,8,12,18H,2,5-7,9-10H2,1H3,(H,19,20,22);1H. The summed E-state index contributed by atoms with van der Waals surface area (Å²) >= 11 is 5.95. The van der Waals surface area contributed by atoms with Gasteiger partial charge in [0.05, 0.1) is 17.4 Å². The summed E-state index contributed by atoms with van der Waals surface area (Å²) in [6.45, 7) is 5.93. The molecular weight excluding hydrogens is 335 g/mol. The molecule has 0 radical (unpaired) electrons. The van der Waals surface area contributed by atoms with E-state index in [1.54, 1.807) is 18.2 Å². The van der Waals surface area contributed by atoms with Gasteiger partial charge in [-0.05, 0) is 44.1 Å². The number of hydrogen-bond donors (Lipinski definition) is 2. The Labute approximate surface area is 146 Å². The Hall–Kier alpha value is -1.14. The second kappa shape index (κ2) is 8.11. The van der Waals surface area contributed by atoms with Gasteiger partial charge in [-0.25, -0.2) is 4.98 Å². The van der Waals surface area contributed by atoms with E-state index in [4.69, 9.17) is 11.6 Å². The molecule has 1 atom stereocenters. The molecule has 3 rings (SSSR count). The van der Waals surface area contributed by atoms with Gasteiger partial charge in [0.2, 0.25) is 0 Å². The fraction of sp³-hybridized carbons (Fsp3) is 0.500. The number of H-pyrrole nitrogens is 1. The lowest BCUT2D eigenvalue weighted by molar-refractivity contribution is 0.195. The Morgan fingerprint density at radius 1 is 1.43 bits per heavy atom. The van der Waals surface area contributed by atoms with Gasteiger partial charge in [0.15, 0.2) is 0 Å². The first-order valence-electron chi connectivity index (χ1n) is 7.80. The van der Waals surface area contributed by atoms with E-state index >= 15 is 0 Å². The Bertz CT molecular complexity index is 713. The molecule has 1 aromatic carbocycles. The number of hydrogen-bond acceptors (Lipinski definition) is 4. The molecule has 2 aromatic rings. The summed E-state index contributed by atoms with van der Waals surface area (Å²) in [5.41, 5.74) is 0.577. The monoisotopic (exact) mass is 356 g/mol. The zero-order chi connectivity index (χ0) is 15.5. The van der Waals surface area contributed by atoms with Crippen LogP contribution in [0.5, 0.6) is 0 Å². The van der Waals surface area contributed by atoms with Crippen LogP contribution in [-0.4, -0.2) is 40.5 Å². The maximum atomic E-state index is 12.2. The Morgan fingerprint density at radius 2 is 2.26 bits per heavy atom. The summed E-state index contributed by atoms with van der Waals surface area (Å²) in [7, 11) is 0. The van der Waals surface area contributed by atoms with Gasteiger partial charge >= 0.3 is 0 Å². The molecule has 1 fully saturated rings. The van der Waals surface area contributed by atoms with Gasteiger partial charge in [-0.1, -0.05) is 18.5 Å². The molecule has 0 bridgehead atoms. The summed E-state index contributed by atoms with van der Waals surface area (Å²) in [6.07, 6.45) is 2.23. The molecule has 1 saturated heterocycles. The second-order valence-electron chi connectivity index (χ2n) is 5.79. The van der Waals surface area contributed by atoms with Gasteiger partial charge < -0.3 is 10.3 Å². The quantitative estimate of drug-likeness (QED) is 0.864. The molecule has 23 heavy (non-hydrogen) atoms. The molecule has 0 spiro atoms. The molecule has 0 aliphatic carbocycles. The number of benzene rings is 1. The second-order valence-corrected chi connectivity index (χ2v) is 6.23. The van der Waals surface area contributed by atoms with Crippen LogP contribution < -0.4 is 10.9 Å². The topological polar surface area (TPSA) is 61.0 Å². The number of aromatic amines is 1. The van der Waals surface area contributed by atoms with E-state index < -0.39 is 0 Å². The highest BCUT2D eigenvalue weighted by Gasteiger charge is 2.22. The van der Waals surface area contributed by atoms with Crippen molar-refractivity contribution in [2.45, 2.75) is 32.4 Å². The van der Waals surface area contributed by atoms with Crippen LogP contribution in [0.25, 0.3) is 10.9 Å². The van der Waals surface area contributed by atoms with Crippen LogP contribution in [0.1, 0.15) is 25.6 Å². The van der Waals surface area contributed by atoms with Crippen LogP contribution >= 0.6 is 24.0 Å². The van der Waals surface area contributed by atoms with Crippen molar-refractivity contribution in [3.8, 4) is 0 Å². The highest BCUT2D eigenvalue weighted by atomic mass is 35.5. The summed E-state index contributed by atoms with van der Waals surface area (Å²) in [5.74, 6) is 0.722. The molecule has 126 valence electrons. The summed E-state index contributed by atoms with van der Waals surface area (Å²) in [4.78, 5) is 22.1. The van der Waals surface area contributed by atoms with Crippen LogP contribution in [0.4, 0.5) is 0 Å². The number of nitrogens with one attached hydrogen (secondary N) is 2. The highest BCUT2D eigenvalue weighted by molar-refractivity contribution is 6.31. The van der Waals surface area contributed by atoms with Crippen LogP contribution in [0.2, 0.25) is 5.02 Å². The van der Waals surface area contributed by atoms with Gasteiger partial charge in [-0.3, -0.25) is 9.69 Å². The smallest absolute Gasteiger partial charge is 0.258 e. The summed E-state index contributed by atoms with van der Waals surface area (Å²) in [6, 6.07) is 5.76. The van der Waals surface area contributed by atoms with Gasteiger partial charge in [0.1, 0.15) is 5.82 Å². The fourth-order valence-electron chi connectivity index (χ4n) is 3.06. The molecule has 7 heteroatoms. The van der Waals surface area contributed by atoms with Crippen molar-refractivity contribution in [1.82, 2.24) is 20.2 Å². The lowest BCUT2D eigenvalue weighted by Gasteiger charge is -2.27. The van der Waals surface area contributed by atoms with Crippen molar-refractivity contribution >= 4 is 34.9 Å². The number of fused-ring (bicyclic) bond motifs is 1. The lowest BCUT2D eigenvalue weighted by Crippen LogP contribution is -2.37.